The van der Waals surface area contributed by atoms with Crippen molar-refractivity contribution in [3.05, 3.63) is 41.2 Å². The Labute approximate surface area is 126 Å². The lowest BCUT2D eigenvalue weighted by Gasteiger charge is -2.19. The number of rotatable bonds is 7. The maximum atomic E-state index is 12.1. The quantitative estimate of drug-likeness (QED) is 0.799. The van der Waals surface area contributed by atoms with Crippen LogP contribution in [0.25, 0.3) is 9.88 Å². The van der Waals surface area contributed by atoms with Gasteiger partial charge in [0.2, 0.25) is 5.91 Å². The normalized spacial score (nSPS) is 10.4. The highest BCUT2D eigenvalue weighted by Gasteiger charge is 2.14. The molecule has 0 aliphatic carbocycles. The molecule has 0 saturated carbocycles. The lowest BCUT2D eigenvalue weighted by atomic mass is 10.3. The molecule has 2 aromatic heterocycles. The molecule has 0 fully saturated rings. The number of carbonyl (C=O) groups is 1. The summed E-state index contributed by atoms with van der Waals surface area (Å²) in [7, 11) is 0. The summed E-state index contributed by atoms with van der Waals surface area (Å²) >= 11 is 3.18. The van der Waals surface area contributed by atoms with Gasteiger partial charge in [-0.25, -0.2) is 4.98 Å². The van der Waals surface area contributed by atoms with Gasteiger partial charge in [0.25, 0.3) is 0 Å². The van der Waals surface area contributed by atoms with Crippen LogP contribution in [0.5, 0.6) is 0 Å². The van der Waals surface area contributed by atoms with Gasteiger partial charge in [-0.1, -0.05) is 12.1 Å². The SMILES string of the molecule is C=CCN(CCO)C(=O)Cc1csc(-c2cccs2)n1. The summed E-state index contributed by atoms with van der Waals surface area (Å²) in [5, 5.41) is 13.8. The number of aliphatic hydroxyl groups excluding tert-OH is 1. The van der Waals surface area contributed by atoms with E-state index >= 15 is 0 Å². The van der Waals surface area contributed by atoms with Crippen molar-refractivity contribution in [2.24, 2.45) is 0 Å². The average molecular weight is 308 g/mol. The van der Waals surface area contributed by atoms with Crippen LogP contribution in [0.2, 0.25) is 0 Å². The first-order chi connectivity index (χ1) is 9.74. The number of thiophene rings is 1. The molecule has 0 aliphatic heterocycles. The number of aromatic nitrogens is 1. The average Bonchev–Trinajstić information content (AvgIpc) is 3.08. The molecule has 2 rings (SSSR count). The fourth-order valence-corrected chi connectivity index (χ4v) is 3.40. The fourth-order valence-electron chi connectivity index (χ4n) is 1.76. The molecule has 4 nitrogen and oxygen atoms in total. The topological polar surface area (TPSA) is 53.4 Å². The van der Waals surface area contributed by atoms with Crippen LogP contribution in [-0.4, -0.2) is 40.6 Å². The summed E-state index contributed by atoms with van der Waals surface area (Å²) in [5.41, 5.74) is 0.774. The molecule has 2 heterocycles. The highest BCUT2D eigenvalue weighted by molar-refractivity contribution is 7.20. The third-order valence-corrected chi connectivity index (χ3v) is 4.62. The van der Waals surface area contributed by atoms with E-state index in [9.17, 15) is 4.79 Å². The van der Waals surface area contributed by atoms with Crippen LogP contribution in [0.1, 0.15) is 5.69 Å². The van der Waals surface area contributed by atoms with E-state index in [4.69, 9.17) is 5.11 Å². The van der Waals surface area contributed by atoms with E-state index in [-0.39, 0.29) is 18.9 Å². The van der Waals surface area contributed by atoms with Gasteiger partial charge >= 0.3 is 0 Å². The lowest BCUT2D eigenvalue weighted by molar-refractivity contribution is -0.130. The number of thiazole rings is 1. The largest absolute Gasteiger partial charge is 0.395 e. The second-order valence-electron chi connectivity index (χ2n) is 4.15. The molecule has 1 N–H and O–H groups in total. The molecule has 0 saturated heterocycles. The minimum absolute atomic E-state index is 0.0398. The third-order valence-electron chi connectivity index (χ3n) is 2.69. The molecule has 0 bridgehead atoms. The highest BCUT2D eigenvalue weighted by atomic mass is 32.1. The Bertz CT molecular complexity index is 564. The van der Waals surface area contributed by atoms with Gasteiger partial charge in [0, 0.05) is 18.5 Å². The molecule has 0 spiro atoms. The predicted molar refractivity (Wildman–Crippen MR) is 83.0 cm³/mol. The molecule has 1 amide bonds. The summed E-state index contributed by atoms with van der Waals surface area (Å²) in [5.74, 6) is -0.0398. The van der Waals surface area contributed by atoms with Gasteiger partial charge in [0.05, 0.1) is 23.6 Å². The fraction of sp³-hybridized carbons (Fsp3) is 0.286. The van der Waals surface area contributed by atoms with E-state index in [2.05, 4.69) is 11.6 Å². The van der Waals surface area contributed by atoms with Crippen LogP contribution in [0.4, 0.5) is 0 Å². The van der Waals surface area contributed by atoms with E-state index in [1.165, 1.54) is 0 Å². The maximum absolute atomic E-state index is 12.1. The molecule has 2 aromatic rings. The molecule has 0 aliphatic rings. The van der Waals surface area contributed by atoms with Gasteiger partial charge in [-0.15, -0.1) is 29.3 Å². The summed E-state index contributed by atoms with van der Waals surface area (Å²) < 4.78 is 0. The Balaban J connectivity index is 2.02. The zero-order chi connectivity index (χ0) is 14.4. The van der Waals surface area contributed by atoms with Gasteiger partial charge in [-0.3, -0.25) is 4.79 Å². The van der Waals surface area contributed by atoms with E-state index in [0.717, 1.165) is 15.6 Å². The van der Waals surface area contributed by atoms with E-state index in [0.29, 0.717) is 13.1 Å². The molecule has 0 radical (unpaired) electrons. The number of nitrogens with zero attached hydrogens (tertiary/aromatic N) is 2. The van der Waals surface area contributed by atoms with Crippen molar-refractivity contribution >= 4 is 28.6 Å². The lowest BCUT2D eigenvalue weighted by Crippen LogP contribution is -2.34. The molecule has 20 heavy (non-hydrogen) atoms. The minimum atomic E-state index is -0.0446. The second-order valence-corrected chi connectivity index (χ2v) is 5.96. The summed E-state index contributed by atoms with van der Waals surface area (Å²) in [6.45, 7) is 4.35. The Kier molecular flexibility index (Phi) is 5.46. The van der Waals surface area contributed by atoms with Gasteiger partial charge in [-0.05, 0) is 11.4 Å². The van der Waals surface area contributed by atoms with Crippen molar-refractivity contribution in [1.82, 2.24) is 9.88 Å². The Morgan fingerprint density at radius 2 is 2.35 bits per heavy atom. The first kappa shape index (κ1) is 14.9. The first-order valence-corrected chi connectivity index (χ1v) is 7.98. The van der Waals surface area contributed by atoms with E-state index in [1.807, 2.05) is 22.9 Å². The zero-order valence-electron chi connectivity index (χ0n) is 11.0. The molecule has 0 aromatic carbocycles. The number of hydrogen-bond donors (Lipinski definition) is 1. The van der Waals surface area contributed by atoms with Gasteiger partial charge in [0.1, 0.15) is 5.01 Å². The molecule has 6 heteroatoms. The second kappa shape index (κ2) is 7.33. The van der Waals surface area contributed by atoms with Gasteiger partial charge in [-0.2, -0.15) is 0 Å². The number of aliphatic hydroxyl groups is 1. The van der Waals surface area contributed by atoms with Crippen LogP contribution in [-0.2, 0) is 11.2 Å². The molecular weight excluding hydrogens is 292 g/mol. The minimum Gasteiger partial charge on any atom is -0.395 e. The van der Waals surface area contributed by atoms with Crippen molar-refractivity contribution in [1.29, 1.82) is 0 Å². The maximum Gasteiger partial charge on any atom is 0.228 e. The van der Waals surface area contributed by atoms with Crippen molar-refractivity contribution in [2.45, 2.75) is 6.42 Å². The monoisotopic (exact) mass is 308 g/mol. The Hall–Kier alpha value is -1.50. The molecular formula is C14H16N2O2S2. The smallest absolute Gasteiger partial charge is 0.228 e. The van der Waals surface area contributed by atoms with Crippen LogP contribution in [0, 0.1) is 0 Å². The molecule has 0 unspecified atom stereocenters. The van der Waals surface area contributed by atoms with Crippen LogP contribution in [0.3, 0.4) is 0 Å². The zero-order valence-corrected chi connectivity index (χ0v) is 12.6. The molecule has 106 valence electrons. The van der Waals surface area contributed by atoms with Crippen molar-refractivity contribution in [3.63, 3.8) is 0 Å². The number of carbonyl (C=O) groups excluding carboxylic acids is 1. The predicted octanol–water partition coefficient (Wildman–Crippen LogP) is 2.42. The third kappa shape index (κ3) is 3.75. The number of amides is 1. The standard InChI is InChI=1S/C14H16N2O2S2/c1-2-5-16(6-7-17)13(18)9-11-10-20-14(15-11)12-4-3-8-19-12/h2-4,8,10,17H,1,5-7,9H2. The van der Waals surface area contributed by atoms with Crippen molar-refractivity contribution in [3.8, 4) is 9.88 Å². The van der Waals surface area contributed by atoms with Gasteiger partial charge in [0.15, 0.2) is 0 Å². The van der Waals surface area contributed by atoms with Crippen LogP contribution >= 0.6 is 22.7 Å². The molecule has 0 atom stereocenters. The van der Waals surface area contributed by atoms with E-state index < -0.39 is 0 Å². The number of hydrogen-bond acceptors (Lipinski definition) is 5. The van der Waals surface area contributed by atoms with Crippen LogP contribution < -0.4 is 0 Å². The summed E-state index contributed by atoms with van der Waals surface area (Å²) in [4.78, 5) is 19.3. The summed E-state index contributed by atoms with van der Waals surface area (Å²) in [6, 6.07) is 4.00. The first-order valence-electron chi connectivity index (χ1n) is 6.22. The highest BCUT2D eigenvalue weighted by Crippen LogP contribution is 2.27. The van der Waals surface area contributed by atoms with Crippen molar-refractivity contribution in [2.75, 3.05) is 19.7 Å². The Morgan fingerprint density at radius 1 is 1.50 bits per heavy atom. The van der Waals surface area contributed by atoms with Gasteiger partial charge < -0.3 is 10.0 Å². The summed E-state index contributed by atoms with van der Waals surface area (Å²) in [6.07, 6.45) is 1.92. The van der Waals surface area contributed by atoms with E-state index in [1.54, 1.807) is 33.6 Å². The Morgan fingerprint density at radius 3 is 3.00 bits per heavy atom. The van der Waals surface area contributed by atoms with Crippen LogP contribution in [0.15, 0.2) is 35.5 Å². The van der Waals surface area contributed by atoms with Crippen molar-refractivity contribution < 1.29 is 9.90 Å².